The van der Waals surface area contributed by atoms with Gasteiger partial charge in [0.25, 0.3) is 0 Å². The number of nitrogens with zero attached hydrogens (tertiary/aromatic N) is 3. The summed E-state index contributed by atoms with van der Waals surface area (Å²) in [6.45, 7) is 5.99. The van der Waals surface area contributed by atoms with Gasteiger partial charge in [-0.3, -0.25) is 4.99 Å². The molecule has 0 spiro atoms. The van der Waals surface area contributed by atoms with Gasteiger partial charge in [0, 0.05) is 37.3 Å². The molecule has 0 saturated carbocycles. The molecule has 0 unspecified atom stereocenters. The molecule has 0 aliphatic heterocycles. The third-order valence-electron chi connectivity index (χ3n) is 3.68. The molecule has 0 fully saturated rings. The van der Waals surface area contributed by atoms with Gasteiger partial charge < -0.3 is 15.2 Å². The van der Waals surface area contributed by atoms with Crippen molar-refractivity contribution in [2.24, 2.45) is 4.99 Å². The van der Waals surface area contributed by atoms with Crippen molar-refractivity contribution in [3.05, 3.63) is 48.5 Å². The SMILES string of the molecule is CN=C(NCc1ccccc1-n1ccnc1)NCC(C)(C)SC. The number of hydrogen-bond donors (Lipinski definition) is 2. The Bertz CT molecular complexity index is 634. The Labute approximate surface area is 142 Å². The number of hydrogen-bond acceptors (Lipinski definition) is 3. The summed E-state index contributed by atoms with van der Waals surface area (Å²) in [4.78, 5) is 8.42. The van der Waals surface area contributed by atoms with Gasteiger partial charge in [-0.2, -0.15) is 11.8 Å². The fourth-order valence-electron chi connectivity index (χ4n) is 2.08. The molecule has 0 radical (unpaired) electrons. The summed E-state index contributed by atoms with van der Waals surface area (Å²) >= 11 is 1.84. The van der Waals surface area contributed by atoms with Crippen molar-refractivity contribution >= 4 is 17.7 Å². The molecule has 0 aliphatic carbocycles. The number of rotatable bonds is 6. The van der Waals surface area contributed by atoms with E-state index in [0.29, 0.717) is 6.54 Å². The van der Waals surface area contributed by atoms with Crippen molar-refractivity contribution < 1.29 is 0 Å². The summed E-state index contributed by atoms with van der Waals surface area (Å²) in [5.74, 6) is 0.813. The first kappa shape index (κ1) is 17.4. The molecule has 0 atom stereocenters. The maximum absolute atomic E-state index is 4.30. The van der Waals surface area contributed by atoms with E-state index in [4.69, 9.17) is 0 Å². The fourth-order valence-corrected chi connectivity index (χ4v) is 2.30. The second kappa shape index (κ2) is 8.06. The molecule has 6 heteroatoms. The Balaban J connectivity index is 2.00. The Kier molecular flexibility index (Phi) is 6.10. The van der Waals surface area contributed by atoms with E-state index in [1.165, 1.54) is 5.56 Å². The quantitative estimate of drug-likeness (QED) is 0.631. The number of aliphatic imine (C=N–C) groups is 1. The number of nitrogens with one attached hydrogen (secondary N) is 2. The van der Waals surface area contributed by atoms with E-state index in [1.807, 2.05) is 41.0 Å². The first-order chi connectivity index (χ1) is 11.1. The van der Waals surface area contributed by atoms with Crippen LogP contribution in [-0.2, 0) is 6.54 Å². The summed E-state index contributed by atoms with van der Waals surface area (Å²) in [5.41, 5.74) is 2.31. The molecule has 2 rings (SSSR count). The average molecular weight is 331 g/mol. The van der Waals surface area contributed by atoms with Crippen molar-refractivity contribution in [2.45, 2.75) is 25.1 Å². The van der Waals surface area contributed by atoms with Gasteiger partial charge in [-0.25, -0.2) is 4.98 Å². The molecule has 1 aromatic carbocycles. The minimum atomic E-state index is 0.173. The summed E-state index contributed by atoms with van der Waals surface area (Å²) < 4.78 is 2.19. The molecular weight excluding hydrogens is 306 g/mol. The topological polar surface area (TPSA) is 54.2 Å². The van der Waals surface area contributed by atoms with Crippen LogP contribution in [0.15, 0.2) is 48.0 Å². The minimum absolute atomic E-state index is 0.173. The van der Waals surface area contributed by atoms with Crippen LogP contribution >= 0.6 is 11.8 Å². The Morgan fingerprint density at radius 3 is 2.74 bits per heavy atom. The minimum Gasteiger partial charge on any atom is -0.355 e. The lowest BCUT2D eigenvalue weighted by atomic mass is 10.1. The van der Waals surface area contributed by atoms with Crippen LogP contribution in [0.1, 0.15) is 19.4 Å². The molecule has 5 nitrogen and oxygen atoms in total. The van der Waals surface area contributed by atoms with E-state index in [9.17, 15) is 0 Å². The number of thioether (sulfide) groups is 1. The van der Waals surface area contributed by atoms with Crippen LogP contribution in [-0.4, -0.2) is 40.1 Å². The van der Waals surface area contributed by atoms with Gasteiger partial charge in [0.1, 0.15) is 0 Å². The van der Waals surface area contributed by atoms with E-state index in [0.717, 1.165) is 18.2 Å². The number of para-hydroxylation sites is 1. The van der Waals surface area contributed by atoms with Crippen molar-refractivity contribution in [3.8, 4) is 5.69 Å². The highest BCUT2D eigenvalue weighted by molar-refractivity contribution is 7.99. The Morgan fingerprint density at radius 1 is 1.30 bits per heavy atom. The first-order valence-electron chi connectivity index (χ1n) is 7.61. The standard InChI is InChI=1S/C17H25N5S/c1-17(2,23-4)12-21-16(18-3)20-11-14-7-5-6-8-15(14)22-10-9-19-13-22/h5-10,13H,11-12H2,1-4H3,(H2,18,20,21). The van der Waals surface area contributed by atoms with E-state index >= 15 is 0 Å². The van der Waals surface area contributed by atoms with E-state index in [2.05, 4.69) is 52.8 Å². The molecule has 124 valence electrons. The van der Waals surface area contributed by atoms with Crippen LogP contribution in [0.4, 0.5) is 0 Å². The summed E-state index contributed by atoms with van der Waals surface area (Å²) in [6, 6.07) is 8.28. The number of aromatic nitrogens is 2. The lowest BCUT2D eigenvalue weighted by molar-refractivity contribution is 0.664. The normalized spacial score (nSPS) is 12.3. The van der Waals surface area contributed by atoms with Gasteiger partial charge in [-0.05, 0) is 31.7 Å². The highest BCUT2D eigenvalue weighted by Gasteiger charge is 2.16. The van der Waals surface area contributed by atoms with Crippen LogP contribution in [0, 0.1) is 0 Å². The Morgan fingerprint density at radius 2 is 2.09 bits per heavy atom. The molecule has 2 aromatic rings. The molecule has 2 N–H and O–H groups in total. The fraction of sp³-hybridized carbons (Fsp3) is 0.412. The number of imidazole rings is 1. The monoisotopic (exact) mass is 331 g/mol. The van der Waals surface area contributed by atoms with Crippen LogP contribution in [0.25, 0.3) is 5.69 Å². The average Bonchev–Trinajstić information content (AvgIpc) is 3.09. The van der Waals surface area contributed by atoms with Gasteiger partial charge in [-0.15, -0.1) is 0 Å². The van der Waals surface area contributed by atoms with E-state index < -0.39 is 0 Å². The second-order valence-corrected chi connectivity index (χ2v) is 7.36. The molecule has 0 bridgehead atoms. The molecule has 0 amide bonds. The van der Waals surface area contributed by atoms with Crippen LogP contribution in [0.5, 0.6) is 0 Å². The largest absolute Gasteiger partial charge is 0.355 e. The maximum Gasteiger partial charge on any atom is 0.191 e. The molecule has 1 aromatic heterocycles. The molecule has 0 saturated heterocycles. The van der Waals surface area contributed by atoms with Crippen molar-refractivity contribution in [1.29, 1.82) is 0 Å². The molecule has 1 heterocycles. The zero-order valence-corrected chi connectivity index (χ0v) is 15.0. The third kappa shape index (κ3) is 5.03. The summed E-state index contributed by atoms with van der Waals surface area (Å²) in [6.07, 6.45) is 7.67. The van der Waals surface area contributed by atoms with Crippen LogP contribution in [0.2, 0.25) is 0 Å². The summed E-state index contributed by atoms with van der Waals surface area (Å²) in [5, 5.41) is 6.76. The van der Waals surface area contributed by atoms with Gasteiger partial charge in [-0.1, -0.05) is 18.2 Å². The maximum atomic E-state index is 4.30. The predicted molar refractivity (Wildman–Crippen MR) is 99.4 cm³/mol. The lowest BCUT2D eigenvalue weighted by Gasteiger charge is -2.24. The lowest BCUT2D eigenvalue weighted by Crippen LogP contribution is -2.43. The smallest absolute Gasteiger partial charge is 0.191 e. The summed E-state index contributed by atoms with van der Waals surface area (Å²) in [7, 11) is 1.79. The first-order valence-corrected chi connectivity index (χ1v) is 8.84. The van der Waals surface area contributed by atoms with E-state index in [-0.39, 0.29) is 4.75 Å². The highest BCUT2D eigenvalue weighted by atomic mass is 32.2. The number of guanidine groups is 1. The van der Waals surface area contributed by atoms with Crippen molar-refractivity contribution in [2.75, 3.05) is 19.8 Å². The van der Waals surface area contributed by atoms with Crippen molar-refractivity contribution in [3.63, 3.8) is 0 Å². The van der Waals surface area contributed by atoms with Crippen LogP contribution < -0.4 is 10.6 Å². The third-order valence-corrected chi connectivity index (χ3v) is 4.93. The van der Waals surface area contributed by atoms with Gasteiger partial charge >= 0.3 is 0 Å². The molecule has 0 aliphatic rings. The zero-order chi connectivity index (χ0) is 16.7. The second-order valence-electron chi connectivity index (χ2n) is 5.84. The highest BCUT2D eigenvalue weighted by Crippen LogP contribution is 2.19. The van der Waals surface area contributed by atoms with E-state index in [1.54, 1.807) is 13.2 Å². The van der Waals surface area contributed by atoms with Crippen molar-refractivity contribution in [1.82, 2.24) is 20.2 Å². The molecular formula is C17H25N5S. The number of benzene rings is 1. The molecule has 23 heavy (non-hydrogen) atoms. The Hall–Kier alpha value is -1.95. The van der Waals surface area contributed by atoms with Gasteiger partial charge in [0.2, 0.25) is 0 Å². The van der Waals surface area contributed by atoms with Gasteiger partial charge in [0.15, 0.2) is 5.96 Å². The van der Waals surface area contributed by atoms with Crippen LogP contribution in [0.3, 0.4) is 0 Å². The zero-order valence-electron chi connectivity index (χ0n) is 14.2. The predicted octanol–water partition coefficient (Wildman–Crippen LogP) is 2.68. The van der Waals surface area contributed by atoms with Gasteiger partial charge in [0.05, 0.1) is 12.0 Å².